The second kappa shape index (κ2) is 6.52. The van der Waals surface area contributed by atoms with Crippen LogP contribution in [-0.2, 0) is 29.0 Å². The van der Waals surface area contributed by atoms with Crippen LogP contribution in [0.3, 0.4) is 0 Å². The average Bonchev–Trinajstić information content (AvgIpc) is 3.13. The molecule has 1 N–H and O–H groups in total. The predicted octanol–water partition coefficient (Wildman–Crippen LogP) is 2.77. The van der Waals surface area contributed by atoms with Gasteiger partial charge in [0, 0.05) is 23.2 Å². The van der Waals surface area contributed by atoms with Gasteiger partial charge in [-0.25, -0.2) is 0 Å². The molecule has 0 aliphatic carbocycles. The number of nitrogens with one attached hydrogen (secondary N) is 1. The maximum atomic E-state index is 12.2. The van der Waals surface area contributed by atoms with E-state index in [4.69, 9.17) is 0 Å². The summed E-state index contributed by atoms with van der Waals surface area (Å²) in [4.78, 5) is 27.4. The van der Waals surface area contributed by atoms with E-state index in [1.54, 1.807) is 11.8 Å². The van der Waals surface area contributed by atoms with E-state index in [0.29, 0.717) is 36.5 Å². The molecule has 0 aromatic carbocycles. The highest BCUT2D eigenvalue weighted by molar-refractivity contribution is 7.16. The Kier molecular flexibility index (Phi) is 4.46. The van der Waals surface area contributed by atoms with Crippen molar-refractivity contribution >= 4 is 39.5 Å². The third kappa shape index (κ3) is 3.28. The minimum atomic E-state index is -0.119. The summed E-state index contributed by atoms with van der Waals surface area (Å²) >= 11 is 2.94. The summed E-state index contributed by atoms with van der Waals surface area (Å²) in [5, 5.41) is 14.8. The van der Waals surface area contributed by atoms with E-state index in [1.807, 2.05) is 17.5 Å². The Labute approximate surface area is 142 Å². The molecule has 0 spiro atoms. The normalized spacial score (nSPS) is 13.3. The summed E-state index contributed by atoms with van der Waals surface area (Å²) in [6.45, 7) is 2.69. The van der Waals surface area contributed by atoms with Crippen LogP contribution in [0.25, 0.3) is 0 Å². The zero-order valence-corrected chi connectivity index (χ0v) is 14.2. The van der Waals surface area contributed by atoms with E-state index >= 15 is 0 Å². The van der Waals surface area contributed by atoms with Gasteiger partial charge in [0.25, 0.3) is 0 Å². The number of carbonyl (C=O) groups excluding carboxylic acids is 2. The molecule has 118 valence electrons. The van der Waals surface area contributed by atoms with Crippen molar-refractivity contribution in [3.05, 3.63) is 38.4 Å². The largest absolute Gasteiger partial charge is 0.337 e. The molecule has 23 heavy (non-hydrogen) atoms. The van der Waals surface area contributed by atoms with Crippen LogP contribution < -0.4 is 5.32 Å². The van der Waals surface area contributed by atoms with E-state index in [9.17, 15) is 14.9 Å². The number of nitriles is 1. The van der Waals surface area contributed by atoms with Gasteiger partial charge < -0.3 is 10.2 Å². The topological polar surface area (TPSA) is 73.2 Å². The van der Waals surface area contributed by atoms with Gasteiger partial charge in [0.1, 0.15) is 11.1 Å². The quantitative estimate of drug-likeness (QED) is 0.929. The third-order valence-corrected chi connectivity index (χ3v) is 5.79. The molecular weight excluding hydrogens is 330 g/mol. The Morgan fingerprint density at radius 1 is 1.48 bits per heavy atom. The van der Waals surface area contributed by atoms with Crippen LogP contribution in [0.2, 0.25) is 0 Å². The van der Waals surface area contributed by atoms with E-state index < -0.39 is 0 Å². The lowest BCUT2D eigenvalue weighted by Crippen LogP contribution is -2.33. The SMILES string of the molecule is CC(=O)N1CCc2c(sc(NC(=O)Cc3cccs3)c2C#N)C1. The van der Waals surface area contributed by atoms with Gasteiger partial charge in [0.15, 0.2) is 0 Å². The van der Waals surface area contributed by atoms with Crippen molar-refractivity contribution in [2.24, 2.45) is 0 Å². The second-order valence-corrected chi connectivity index (χ2v) is 7.45. The minimum absolute atomic E-state index is 0.0332. The zero-order valence-electron chi connectivity index (χ0n) is 12.6. The van der Waals surface area contributed by atoms with Crippen molar-refractivity contribution < 1.29 is 9.59 Å². The van der Waals surface area contributed by atoms with Crippen molar-refractivity contribution in [2.45, 2.75) is 26.3 Å². The monoisotopic (exact) mass is 345 g/mol. The van der Waals surface area contributed by atoms with Crippen molar-refractivity contribution in [3.63, 3.8) is 0 Å². The Morgan fingerprint density at radius 2 is 2.30 bits per heavy atom. The van der Waals surface area contributed by atoms with Gasteiger partial charge in [-0.15, -0.1) is 22.7 Å². The first-order valence-electron chi connectivity index (χ1n) is 7.21. The molecule has 3 heterocycles. The lowest BCUT2D eigenvalue weighted by Gasteiger charge is -2.25. The van der Waals surface area contributed by atoms with Gasteiger partial charge in [-0.3, -0.25) is 9.59 Å². The third-order valence-electron chi connectivity index (χ3n) is 3.78. The smallest absolute Gasteiger partial charge is 0.230 e. The molecule has 0 bridgehead atoms. The van der Waals surface area contributed by atoms with Crippen LogP contribution in [0.1, 0.15) is 27.8 Å². The summed E-state index contributed by atoms with van der Waals surface area (Å²) < 4.78 is 0. The van der Waals surface area contributed by atoms with Crippen LogP contribution in [0.4, 0.5) is 5.00 Å². The number of amides is 2. The molecule has 0 saturated heterocycles. The number of hydrogen-bond acceptors (Lipinski definition) is 5. The summed E-state index contributed by atoms with van der Waals surface area (Å²) in [5.74, 6) is -0.0863. The molecule has 7 heteroatoms. The molecule has 2 amide bonds. The van der Waals surface area contributed by atoms with Gasteiger partial charge in [0.05, 0.1) is 18.5 Å². The second-order valence-electron chi connectivity index (χ2n) is 5.31. The molecule has 5 nitrogen and oxygen atoms in total. The van der Waals surface area contributed by atoms with Gasteiger partial charge in [-0.1, -0.05) is 6.07 Å². The molecule has 0 fully saturated rings. The fraction of sp³-hybridized carbons (Fsp3) is 0.312. The molecule has 1 aliphatic heterocycles. The number of anilines is 1. The van der Waals surface area contributed by atoms with E-state index in [1.165, 1.54) is 22.7 Å². The summed E-state index contributed by atoms with van der Waals surface area (Å²) in [7, 11) is 0. The molecule has 0 unspecified atom stereocenters. The number of thiophene rings is 2. The highest BCUT2D eigenvalue weighted by Crippen LogP contribution is 2.36. The first-order chi connectivity index (χ1) is 11.1. The van der Waals surface area contributed by atoms with Crippen molar-refractivity contribution in [2.75, 3.05) is 11.9 Å². The fourth-order valence-corrected chi connectivity index (χ4v) is 4.55. The van der Waals surface area contributed by atoms with Gasteiger partial charge in [0.2, 0.25) is 11.8 Å². The maximum Gasteiger partial charge on any atom is 0.230 e. The van der Waals surface area contributed by atoms with E-state index in [2.05, 4.69) is 11.4 Å². The molecule has 0 atom stereocenters. The van der Waals surface area contributed by atoms with Crippen LogP contribution in [0, 0.1) is 11.3 Å². The number of nitrogens with zero attached hydrogens (tertiary/aromatic N) is 2. The highest BCUT2D eigenvalue weighted by atomic mass is 32.1. The van der Waals surface area contributed by atoms with Crippen LogP contribution in [-0.4, -0.2) is 23.3 Å². The Morgan fingerprint density at radius 3 is 2.96 bits per heavy atom. The number of rotatable bonds is 3. The van der Waals surface area contributed by atoms with Crippen LogP contribution in [0.5, 0.6) is 0 Å². The van der Waals surface area contributed by atoms with Gasteiger partial charge >= 0.3 is 0 Å². The maximum absolute atomic E-state index is 12.2. The lowest BCUT2D eigenvalue weighted by atomic mass is 10.0. The van der Waals surface area contributed by atoms with Gasteiger partial charge in [-0.05, 0) is 23.4 Å². The van der Waals surface area contributed by atoms with Crippen LogP contribution >= 0.6 is 22.7 Å². The molecule has 0 saturated carbocycles. The zero-order chi connectivity index (χ0) is 16.4. The number of carbonyl (C=O) groups is 2. The minimum Gasteiger partial charge on any atom is -0.337 e. The Hall–Kier alpha value is -2.17. The van der Waals surface area contributed by atoms with E-state index in [-0.39, 0.29) is 11.8 Å². The summed E-state index contributed by atoms with van der Waals surface area (Å²) in [5.41, 5.74) is 1.52. The highest BCUT2D eigenvalue weighted by Gasteiger charge is 2.26. The molecule has 2 aromatic heterocycles. The summed E-state index contributed by atoms with van der Waals surface area (Å²) in [6.07, 6.45) is 0.972. The Bertz CT molecular complexity index is 787. The standard InChI is InChI=1S/C16H15N3O2S2/c1-10(20)19-5-4-12-13(8-17)16(23-14(12)9-19)18-15(21)7-11-3-2-6-22-11/h2-3,6H,4-5,7,9H2,1H3,(H,18,21). The molecule has 3 rings (SSSR count). The Balaban J connectivity index is 1.79. The van der Waals surface area contributed by atoms with Crippen molar-refractivity contribution in [1.29, 1.82) is 5.26 Å². The van der Waals surface area contributed by atoms with E-state index in [0.717, 1.165) is 15.3 Å². The first kappa shape index (κ1) is 15.7. The van der Waals surface area contributed by atoms with Crippen molar-refractivity contribution in [1.82, 2.24) is 4.90 Å². The van der Waals surface area contributed by atoms with Crippen LogP contribution in [0.15, 0.2) is 17.5 Å². The number of hydrogen-bond donors (Lipinski definition) is 1. The lowest BCUT2D eigenvalue weighted by molar-refractivity contribution is -0.129. The molecule has 2 aromatic rings. The van der Waals surface area contributed by atoms with Gasteiger partial charge in [-0.2, -0.15) is 5.26 Å². The first-order valence-corrected chi connectivity index (χ1v) is 8.90. The molecule has 1 aliphatic rings. The number of fused-ring (bicyclic) bond motifs is 1. The average molecular weight is 345 g/mol. The molecular formula is C16H15N3O2S2. The predicted molar refractivity (Wildman–Crippen MR) is 90.5 cm³/mol. The summed E-state index contributed by atoms with van der Waals surface area (Å²) in [6, 6.07) is 6.03. The van der Waals surface area contributed by atoms with Crippen molar-refractivity contribution in [3.8, 4) is 6.07 Å². The fourth-order valence-electron chi connectivity index (χ4n) is 2.62. The molecule has 0 radical (unpaired) electrons.